The van der Waals surface area contributed by atoms with Crippen LogP contribution in [0.1, 0.15) is 19.1 Å². The van der Waals surface area contributed by atoms with Crippen molar-refractivity contribution in [2.24, 2.45) is 0 Å². The van der Waals surface area contributed by atoms with Gasteiger partial charge in [0.2, 0.25) is 0 Å². The highest BCUT2D eigenvalue weighted by atomic mass is 28.4. The minimum Gasteiger partial charge on any atom is -0.409 e. The summed E-state index contributed by atoms with van der Waals surface area (Å²) in [5.74, 6) is 0.104. The first-order valence-electron chi connectivity index (χ1n) is 7.80. The Morgan fingerprint density at radius 3 is 2.78 bits per heavy atom. The first-order chi connectivity index (χ1) is 10.8. The Kier molecular flexibility index (Phi) is 4.32. The Hall–Kier alpha value is -1.26. The lowest BCUT2D eigenvalue weighted by Crippen LogP contribution is -2.45. The molecule has 3 rings (SSSR count). The minimum absolute atomic E-state index is 0.104. The molecule has 4 unspecified atom stereocenters. The van der Waals surface area contributed by atoms with Gasteiger partial charge in [0.1, 0.15) is 24.1 Å². The number of nitrogen functional groups attached to an aromatic ring is 1. The van der Waals surface area contributed by atoms with Crippen LogP contribution in [0, 0.1) is 0 Å². The third-order valence-corrected chi connectivity index (χ3v) is 8.04. The molecule has 0 radical (unpaired) electrons. The number of aromatic nitrogens is 2. The van der Waals surface area contributed by atoms with Crippen LogP contribution in [-0.2, 0) is 9.16 Å². The molecule has 9 heteroatoms. The van der Waals surface area contributed by atoms with Crippen molar-refractivity contribution in [3.05, 3.63) is 22.7 Å². The molecule has 23 heavy (non-hydrogen) atoms. The summed E-state index contributed by atoms with van der Waals surface area (Å²) in [5.41, 5.74) is 5.45. The molecule has 4 atom stereocenters. The SMILES string of the molecule is C[Si](C)(OC1C(CO)OC(n2ccc(N)nc2=O)C1O)C1CC1. The topological polar surface area (TPSA) is 120 Å². The lowest BCUT2D eigenvalue weighted by molar-refractivity contribution is -0.0545. The van der Waals surface area contributed by atoms with Gasteiger partial charge in [-0.05, 0) is 24.7 Å². The van der Waals surface area contributed by atoms with Crippen LogP contribution in [0.5, 0.6) is 0 Å². The molecule has 8 nitrogen and oxygen atoms in total. The Morgan fingerprint density at radius 1 is 1.52 bits per heavy atom. The minimum atomic E-state index is -1.96. The maximum absolute atomic E-state index is 12.0. The van der Waals surface area contributed by atoms with Crippen LogP contribution in [0.25, 0.3) is 0 Å². The van der Waals surface area contributed by atoms with Crippen molar-refractivity contribution in [1.29, 1.82) is 0 Å². The van der Waals surface area contributed by atoms with E-state index < -0.39 is 38.5 Å². The van der Waals surface area contributed by atoms with Crippen LogP contribution < -0.4 is 11.4 Å². The van der Waals surface area contributed by atoms with Crippen molar-refractivity contribution in [2.75, 3.05) is 12.3 Å². The van der Waals surface area contributed by atoms with E-state index in [2.05, 4.69) is 18.1 Å². The molecule has 1 aliphatic heterocycles. The van der Waals surface area contributed by atoms with Gasteiger partial charge in [0.05, 0.1) is 6.61 Å². The van der Waals surface area contributed by atoms with Crippen molar-refractivity contribution < 1.29 is 19.4 Å². The van der Waals surface area contributed by atoms with Crippen LogP contribution in [0.3, 0.4) is 0 Å². The summed E-state index contributed by atoms with van der Waals surface area (Å²) in [6, 6.07) is 1.46. The van der Waals surface area contributed by atoms with Crippen molar-refractivity contribution in [3.63, 3.8) is 0 Å². The van der Waals surface area contributed by atoms with E-state index in [9.17, 15) is 15.0 Å². The summed E-state index contributed by atoms with van der Waals surface area (Å²) in [6.07, 6.45) is 0.401. The van der Waals surface area contributed by atoms with Crippen molar-refractivity contribution in [2.45, 2.75) is 56.0 Å². The van der Waals surface area contributed by atoms with Gasteiger partial charge in [0.15, 0.2) is 14.5 Å². The van der Waals surface area contributed by atoms with Crippen LogP contribution in [0.4, 0.5) is 5.82 Å². The van der Waals surface area contributed by atoms with Gasteiger partial charge in [-0.2, -0.15) is 4.98 Å². The summed E-state index contributed by atoms with van der Waals surface area (Å²) in [7, 11) is -1.96. The van der Waals surface area contributed by atoms with E-state index in [0.29, 0.717) is 5.54 Å². The van der Waals surface area contributed by atoms with Gasteiger partial charge in [-0.25, -0.2) is 4.79 Å². The molecule has 2 fully saturated rings. The third-order valence-electron chi connectivity index (χ3n) is 4.62. The van der Waals surface area contributed by atoms with E-state index in [1.54, 1.807) is 0 Å². The lowest BCUT2D eigenvalue weighted by atomic mass is 10.1. The van der Waals surface area contributed by atoms with Crippen molar-refractivity contribution in [3.8, 4) is 0 Å². The van der Waals surface area contributed by atoms with Crippen LogP contribution in [0.15, 0.2) is 17.1 Å². The predicted molar refractivity (Wildman–Crippen MR) is 85.3 cm³/mol. The molecule has 128 valence electrons. The number of aliphatic hydroxyl groups excluding tert-OH is 2. The quantitative estimate of drug-likeness (QED) is 0.636. The summed E-state index contributed by atoms with van der Waals surface area (Å²) >= 11 is 0. The second-order valence-electron chi connectivity index (χ2n) is 6.74. The maximum Gasteiger partial charge on any atom is 0.351 e. The van der Waals surface area contributed by atoms with Crippen LogP contribution in [-0.4, -0.2) is 53.0 Å². The van der Waals surface area contributed by atoms with E-state index in [1.807, 2.05) is 0 Å². The molecule has 2 heterocycles. The number of anilines is 1. The molecular weight excluding hydrogens is 318 g/mol. The molecule has 0 spiro atoms. The lowest BCUT2D eigenvalue weighted by Gasteiger charge is -2.30. The largest absolute Gasteiger partial charge is 0.409 e. The number of rotatable bonds is 5. The molecule has 1 saturated heterocycles. The molecule has 1 saturated carbocycles. The first-order valence-corrected chi connectivity index (χ1v) is 10.8. The Morgan fingerprint density at radius 2 is 2.22 bits per heavy atom. The number of hydrogen-bond donors (Lipinski definition) is 3. The van der Waals surface area contributed by atoms with Gasteiger partial charge < -0.3 is 25.1 Å². The van der Waals surface area contributed by atoms with Gasteiger partial charge in [-0.15, -0.1) is 0 Å². The second-order valence-corrected chi connectivity index (χ2v) is 11.0. The molecule has 0 amide bonds. The summed E-state index contributed by atoms with van der Waals surface area (Å²) in [5, 5.41) is 20.2. The van der Waals surface area contributed by atoms with Crippen molar-refractivity contribution >= 4 is 14.1 Å². The highest BCUT2D eigenvalue weighted by Crippen LogP contribution is 2.47. The smallest absolute Gasteiger partial charge is 0.351 e. The van der Waals surface area contributed by atoms with Crippen LogP contribution >= 0.6 is 0 Å². The summed E-state index contributed by atoms with van der Waals surface area (Å²) in [6.45, 7) is 3.93. The molecule has 1 aliphatic carbocycles. The Bertz CT molecular complexity index is 633. The molecule has 1 aromatic rings. The average Bonchev–Trinajstić information content (AvgIpc) is 3.29. The maximum atomic E-state index is 12.0. The second kappa shape index (κ2) is 5.99. The highest BCUT2D eigenvalue weighted by Gasteiger charge is 2.51. The Balaban J connectivity index is 1.83. The monoisotopic (exact) mass is 341 g/mol. The first kappa shape index (κ1) is 16.6. The fraction of sp³-hybridized carbons (Fsp3) is 0.714. The Labute approximate surface area is 135 Å². The van der Waals surface area contributed by atoms with Gasteiger partial charge in [0.25, 0.3) is 0 Å². The fourth-order valence-corrected chi connectivity index (χ4v) is 5.83. The van der Waals surface area contributed by atoms with Crippen LogP contribution in [0.2, 0.25) is 18.6 Å². The normalized spacial score (nSPS) is 31.5. The zero-order valence-electron chi connectivity index (χ0n) is 13.3. The fourth-order valence-electron chi connectivity index (χ4n) is 3.09. The van der Waals surface area contributed by atoms with Gasteiger partial charge in [-0.1, -0.05) is 12.8 Å². The summed E-state index contributed by atoms with van der Waals surface area (Å²) in [4.78, 5) is 15.6. The van der Waals surface area contributed by atoms with E-state index in [1.165, 1.54) is 16.8 Å². The van der Waals surface area contributed by atoms with E-state index in [-0.39, 0.29) is 12.4 Å². The standard InChI is InChI=1S/C14H23N3O5Si/c1-23(2,8-3-4-8)22-12-9(7-18)21-13(11(12)19)17-6-5-10(15)16-14(17)20/h5-6,8-9,11-13,18-19H,3-4,7H2,1-2H3,(H2,15,16,20). The number of aliphatic hydroxyl groups is 2. The van der Waals surface area contributed by atoms with Crippen molar-refractivity contribution in [1.82, 2.24) is 9.55 Å². The predicted octanol–water partition coefficient (Wildman–Crippen LogP) is -0.170. The van der Waals surface area contributed by atoms with Gasteiger partial charge in [0, 0.05) is 6.20 Å². The third kappa shape index (κ3) is 3.19. The van der Waals surface area contributed by atoms with Gasteiger partial charge >= 0.3 is 5.69 Å². The molecular formula is C14H23N3O5Si. The van der Waals surface area contributed by atoms with Gasteiger partial charge in [-0.3, -0.25) is 4.57 Å². The molecule has 1 aromatic heterocycles. The van der Waals surface area contributed by atoms with E-state index >= 15 is 0 Å². The summed E-state index contributed by atoms with van der Waals surface area (Å²) < 4.78 is 13.0. The van der Waals surface area contributed by atoms with E-state index in [0.717, 1.165) is 12.8 Å². The molecule has 2 aliphatic rings. The number of hydrogen-bond acceptors (Lipinski definition) is 7. The van der Waals surface area contributed by atoms with E-state index in [4.69, 9.17) is 14.9 Å². The number of nitrogens with two attached hydrogens (primary N) is 1. The molecule has 0 aromatic carbocycles. The molecule has 0 bridgehead atoms. The number of ether oxygens (including phenoxy) is 1. The average molecular weight is 341 g/mol. The highest BCUT2D eigenvalue weighted by molar-refractivity contribution is 6.73. The zero-order chi connectivity index (χ0) is 16.8. The zero-order valence-corrected chi connectivity index (χ0v) is 14.3. The molecule has 4 N–H and O–H groups in total. The number of nitrogens with zero attached hydrogens (tertiary/aromatic N) is 2.